The van der Waals surface area contributed by atoms with Crippen molar-refractivity contribution >= 4 is 18.4 Å². The summed E-state index contributed by atoms with van der Waals surface area (Å²) in [5.74, 6) is 0. The fourth-order valence-corrected chi connectivity index (χ4v) is 5.69. The number of hydrogen-bond acceptors (Lipinski definition) is 0. The second kappa shape index (κ2) is 5.65. The van der Waals surface area contributed by atoms with Crippen LogP contribution >= 0.6 is 0 Å². The number of allylic oxidation sites excluding steroid dienone is 1. The van der Waals surface area contributed by atoms with Gasteiger partial charge >= 0.3 is 0 Å². The Morgan fingerprint density at radius 1 is 0.833 bits per heavy atom. The highest BCUT2D eigenvalue weighted by Gasteiger charge is 2.30. The molecule has 0 unspecified atom stereocenters. The summed E-state index contributed by atoms with van der Waals surface area (Å²) >= 11 is 0. The van der Waals surface area contributed by atoms with Crippen LogP contribution < -0.4 is 10.4 Å². The van der Waals surface area contributed by atoms with E-state index in [1.807, 2.05) is 0 Å². The van der Waals surface area contributed by atoms with E-state index in [0.29, 0.717) is 0 Å². The summed E-state index contributed by atoms with van der Waals surface area (Å²) in [6.07, 6.45) is 2.15. The Balaban J connectivity index is 2.65. The molecule has 0 atom stereocenters. The van der Waals surface area contributed by atoms with Crippen molar-refractivity contribution in [2.75, 3.05) is 0 Å². The Morgan fingerprint density at radius 3 is 1.61 bits per heavy atom. The normalized spacial score (nSPS) is 11.6. The Kier molecular flexibility index (Phi) is 3.95. The van der Waals surface area contributed by atoms with Crippen LogP contribution in [0.3, 0.4) is 0 Å². The van der Waals surface area contributed by atoms with Crippen molar-refractivity contribution in [1.82, 2.24) is 0 Å². The molecule has 0 saturated heterocycles. The predicted octanol–water partition coefficient (Wildman–Crippen LogP) is 3.09. The number of benzene rings is 2. The van der Waals surface area contributed by atoms with Crippen LogP contribution in [-0.4, -0.2) is 8.07 Å². The lowest BCUT2D eigenvalue weighted by atomic mass is 10.4. The molecule has 0 heterocycles. The summed E-state index contributed by atoms with van der Waals surface area (Å²) in [6, 6.07) is 21.4. The van der Waals surface area contributed by atoms with E-state index in [2.05, 4.69) is 91.6 Å². The van der Waals surface area contributed by atoms with Crippen LogP contribution in [-0.2, 0) is 0 Å². The van der Waals surface area contributed by atoms with Crippen molar-refractivity contribution in [3.05, 3.63) is 84.7 Å². The lowest BCUT2D eigenvalue weighted by Gasteiger charge is -2.26. The van der Waals surface area contributed by atoms with Gasteiger partial charge in [0.1, 0.15) is 0 Å². The van der Waals surface area contributed by atoms with E-state index in [0.717, 1.165) is 0 Å². The van der Waals surface area contributed by atoms with Crippen molar-refractivity contribution in [2.24, 2.45) is 0 Å². The Labute approximate surface area is 110 Å². The quantitative estimate of drug-likeness (QED) is 0.732. The van der Waals surface area contributed by atoms with Gasteiger partial charge < -0.3 is 0 Å². The van der Waals surface area contributed by atoms with E-state index in [1.54, 1.807) is 0 Å². The molecule has 0 fully saturated rings. The minimum Gasteiger partial charge on any atom is -0.106 e. The van der Waals surface area contributed by atoms with Crippen LogP contribution in [0.25, 0.3) is 0 Å². The average molecular weight is 250 g/mol. The summed E-state index contributed by atoms with van der Waals surface area (Å²) in [4.78, 5) is 0. The fraction of sp³-hybridized carbons (Fsp3) is 0.0588. The van der Waals surface area contributed by atoms with Crippen molar-refractivity contribution < 1.29 is 0 Å². The van der Waals surface area contributed by atoms with Crippen molar-refractivity contribution in [1.29, 1.82) is 0 Å². The maximum Gasteiger partial charge on any atom is 0.164 e. The molecule has 0 amide bonds. The molecule has 0 saturated carbocycles. The zero-order valence-electron chi connectivity index (χ0n) is 10.7. The summed E-state index contributed by atoms with van der Waals surface area (Å²) in [7, 11) is -1.94. The van der Waals surface area contributed by atoms with Gasteiger partial charge in [0.05, 0.1) is 0 Å². The first-order valence-electron chi connectivity index (χ1n) is 6.22. The van der Waals surface area contributed by atoms with Gasteiger partial charge in [-0.15, -0.1) is 6.58 Å². The lowest BCUT2D eigenvalue weighted by molar-refractivity contribution is 1.69. The van der Waals surface area contributed by atoms with Crippen molar-refractivity contribution in [3.8, 4) is 0 Å². The molecule has 0 aromatic heterocycles. The van der Waals surface area contributed by atoms with Crippen LogP contribution in [0.1, 0.15) is 6.92 Å². The zero-order chi connectivity index (χ0) is 12.8. The van der Waals surface area contributed by atoms with Crippen molar-refractivity contribution in [3.63, 3.8) is 0 Å². The highest BCUT2D eigenvalue weighted by Crippen LogP contribution is 2.09. The van der Waals surface area contributed by atoms with E-state index >= 15 is 0 Å². The molecule has 0 aliphatic carbocycles. The topological polar surface area (TPSA) is 0 Å². The molecule has 1 heteroatoms. The first kappa shape index (κ1) is 12.6. The molecule has 0 aliphatic heterocycles. The zero-order valence-corrected chi connectivity index (χ0v) is 11.7. The lowest BCUT2D eigenvalue weighted by Crippen LogP contribution is -2.55. The van der Waals surface area contributed by atoms with Gasteiger partial charge in [-0.25, -0.2) is 0 Å². The van der Waals surface area contributed by atoms with Crippen LogP contribution in [0, 0.1) is 0 Å². The second-order valence-electron chi connectivity index (χ2n) is 4.31. The third-order valence-electron chi connectivity index (χ3n) is 3.25. The third-order valence-corrected chi connectivity index (χ3v) is 7.33. The van der Waals surface area contributed by atoms with Gasteiger partial charge in [0.25, 0.3) is 0 Å². The van der Waals surface area contributed by atoms with E-state index in [1.165, 1.54) is 10.4 Å². The SMILES string of the molecule is C=C[Si](C=CC)(c1ccccc1)c1ccccc1. The fourth-order valence-electron chi connectivity index (χ4n) is 2.35. The van der Waals surface area contributed by atoms with Gasteiger partial charge in [0.15, 0.2) is 8.07 Å². The standard InChI is InChI=1S/C17H18Si/c1-3-15-18(4-2,16-11-7-5-8-12-16)17-13-9-6-10-14-17/h3-15H,2H2,1H3. The Bertz CT molecular complexity index is 487. The molecular weight excluding hydrogens is 232 g/mol. The molecule has 2 rings (SSSR count). The molecule has 2 aromatic carbocycles. The first-order valence-corrected chi connectivity index (χ1v) is 8.37. The number of hydrogen-bond donors (Lipinski definition) is 0. The Morgan fingerprint density at radius 2 is 1.28 bits per heavy atom. The van der Waals surface area contributed by atoms with E-state index in [4.69, 9.17) is 0 Å². The first-order chi connectivity index (χ1) is 8.83. The maximum atomic E-state index is 4.12. The summed E-state index contributed by atoms with van der Waals surface area (Å²) in [5.41, 5.74) is 4.49. The Hall–Kier alpha value is -1.86. The monoisotopic (exact) mass is 250 g/mol. The second-order valence-corrected chi connectivity index (χ2v) is 7.94. The molecule has 0 N–H and O–H groups in total. The van der Waals surface area contributed by atoms with Crippen LogP contribution in [0.2, 0.25) is 0 Å². The molecule has 2 aromatic rings. The van der Waals surface area contributed by atoms with Crippen LogP contribution in [0.4, 0.5) is 0 Å². The van der Waals surface area contributed by atoms with Crippen LogP contribution in [0.5, 0.6) is 0 Å². The van der Waals surface area contributed by atoms with E-state index < -0.39 is 8.07 Å². The summed E-state index contributed by atoms with van der Waals surface area (Å²) < 4.78 is 0. The average Bonchev–Trinajstić information content (AvgIpc) is 2.47. The van der Waals surface area contributed by atoms with Gasteiger partial charge in [0, 0.05) is 0 Å². The highest BCUT2D eigenvalue weighted by atomic mass is 28.3. The molecule has 0 nitrogen and oxygen atoms in total. The minimum absolute atomic E-state index is 1.38. The predicted molar refractivity (Wildman–Crippen MR) is 82.9 cm³/mol. The smallest absolute Gasteiger partial charge is 0.106 e. The highest BCUT2D eigenvalue weighted by molar-refractivity contribution is 7.09. The van der Waals surface area contributed by atoms with Gasteiger partial charge in [-0.2, -0.15) is 0 Å². The van der Waals surface area contributed by atoms with Gasteiger partial charge in [-0.1, -0.05) is 78.1 Å². The summed E-state index contributed by atoms with van der Waals surface area (Å²) in [6.45, 7) is 6.20. The molecule has 90 valence electrons. The largest absolute Gasteiger partial charge is 0.164 e. The van der Waals surface area contributed by atoms with Crippen LogP contribution in [0.15, 0.2) is 84.7 Å². The van der Waals surface area contributed by atoms with Gasteiger partial charge in [-0.05, 0) is 17.3 Å². The number of rotatable bonds is 4. The molecular formula is C17H18Si. The van der Waals surface area contributed by atoms with Gasteiger partial charge in [-0.3, -0.25) is 0 Å². The summed E-state index contributed by atoms with van der Waals surface area (Å²) in [5, 5.41) is 2.76. The molecule has 0 spiro atoms. The van der Waals surface area contributed by atoms with E-state index in [-0.39, 0.29) is 0 Å². The minimum atomic E-state index is -1.94. The third kappa shape index (κ3) is 2.22. The molecule has 0 bridgehead atoms. The van der Waals surface area contributed by atoms with Gasteiger partial charge in [0.2, 0.25) is 0 Å². The van der Waals surface area contributed by atoms with E-state index in [9.17, 15) is 0 Å². The molecule has 0 aliphatic rings. The van der Waals surface area contributed by atoms with Crippen molar-refractivity contribution in [2.45, 2.75) is 6.92 Å². The molecule has 18 heavy (non-hydrogen) atoms. The maximum absolute atomic E-state index is 4.12. The molecule has 0 radical (unpaired) electrons.